The van der Waals surface area contributed by atoms with Crippen LogP contribution in [0.3, 0.4) is 0 Å². The summed E-state index contributed by atoms with van der Waals surface area (Å²) in [6.45, 7) is 3.19. The van der Waals surface area contributed by atoms with E-state index in [1.54, 1.807) is 0 Å². The molecule has 4 rings (SSSR count). The highest BCUT2D eigenvalue weighted by atomic mass is 79.9. The zero-order valence-electron chi connectivity index (χ0n) is 15.2. The Hall–Kier alpha value is -2.11. The SMILES string of the molecule is Cc1c(C(=O)N2CCC(C(O)c3ccccc3)CC2)oc2ccc(Br)cc12. The molecule has 1 N–H and O–H groups in total. The summed E-state index contributed by atoms with van der Waals surface area (Å²) in [6, 6.07) is 15.5. The minimum atomic E-state index is -0.478. The number of carbonyl (C=O) groups is 1. The maximum atomic E-state index is 13.0. The van der Waals surface area contributed by atoms with Gasteiger partial charge in [0.2, 0.25) is 0 Å². The molecule has 2 heterocycles. The van der Waals surface area contributed by atoms with E-state index in [-0.39, 0.29) is 11.8 Å². The summed E-state index contributed by atoms with van der Waals surface area (Å²) in [5.74, 6) is 0.529. The van der Waals surface area contributed by atoms with Crippen LogP contribution in [0.2, 0.25) is 0 Å². The van der Waals surface area contributed by atoms with E-state index in [2.05, 4.69) is 15.9 Å². The van der Waals surface area contributed by atoms with Gasteiger partial charge in [0, 0.05) is 28.5 Å². The summed E-state index contributed by atoms with van der Waals surface area (Å²) >= 11 is 3.47. The van der Waals surface area contributed by atoms with Crippen LogP contribution >= 0.6 is 15.9 Å². The number of piperidine rings is 1. The average Bonchev–Trinajstić information content (AvgIpc) is 3.04. The second kappa shape index (κ2) is 7.49. The zero-order valence-corrected chi connectivity index (χ0v) is 16.8. The molecule has 0 saturated carbocycles. The van der Waals surface area contributed by atoms with Gasteiger partial charge in [0.1, 0.15) is 5.58 Å². The lowest BCUT2D eigenvalue weighted by molar-refractivity contribution is 0.0443. The van der Waals surface area contributed by atoms with Crippen molar-refractivity contribution in [3.8, 4) is 0 Å². The molecule has 0 radical (unpaired) electrons. The standard InChI is InChI=1S/C22H22BrNO3/c1-14-18-13-17(23)7-8-19(18)27-21(14)22(26)24-11-9-16(10-12-24)20(25)15-5-3-2-4-6-15/h2-8,13,16,20,25H,9-12H2,1H3. The van der Waals surface area contributed by atoms with Crippen molar-refractivity contribution < 1.29 is 14.3 Å². The van der Waals surface area contributed by atoms with Crippen LogP contribution in [0.15, 0.2) is 57.4 Å². The van der Waals surface area contributed by atoms with Gasteiger partial charge in [-0.25, -0.2) is 0 Å². The molecular formula is C22H22BrNO3. The number of nitrogens with zero attached hydrogens (tertiary/aromatic N) is 1. The molecule has 1 amide bonds. The fourth-order valence-electron chi connectivity index (χ4n) is 3.88. The number of aliphatic hydroxyl groups excluding tert-OH is 1. The van der Waals surface area contributed by atoms with Crippen LogP contribution in [0.25, 0.3) is 11.0 Å². The molecule has 1 saturated heterocycles. The van der Waals surface area contributed by atoms with Crippen LogP contribution in [-0.2, 0) is 0 Å². The van der Waals surface area contributed by atoms with Gasteiger partial charge in [-0.15, -0.1) is 0 Å². The Bertz CT molecular complexity index is 958. The third kappa shape index (κ3) is 3.54. The van der Waals surface area contributed by atoms with Crippen molar-refractivity contribution in [2.75, 3.05) is 13.1 Å². The van der Waals surface area contributed by atoms with Gasteiger partial charge in [0.05, 0.1) is 6.10 Å². The first-order valence-electron chi connectivity index (χ1n) is 9.25. The minimum Gasteiger partial charge on any atom is -0.451 e. The molecule has 0 aliphatic carbocycles. The fraction of sp³-hybridized carbons (Fsp3) is 0.318. The van der Waals surface area contributed by atoms with Crippen LogP contribution in [-0.4, -0.2) is 29.0 Å². The summed E-state index contributed by atoms with van der Waals surface area (Å²) in [4.78, 5) is 14.8. The van der Waals surface area contributed by atoms with Gasteiger partial charge in [0.25, 0.3) is 5.91 Å². The summed E-state index contributed by atoms with van der Waals surface area (Å²) in [5.41, 5.74) is 2.55. The van der Waals surface area contributed by atoms with Crippen molar-refractivity contribution in [1.82, 2.24) is 4.90 Å². The smallest absolute Gasteiger partial charge is 0.289 e. The molecule has 140 valence electrons. The van der Waals surface area contributed by atoms with Crippen molar-refractivity contribution in [2.45, 2.75) is 25.9 Å². The van der Waals surface area contributed by atoms with E-state index in [0.29, 0.717) is 18.8 Å². The number of furan rings is 1. The highest BCUT2D eigenvalue weighted by molar-refractivity contribution is 9.10. The maximum Gasteiger partial charge on any atom is 0.289 e. The molecule has 0 spiro atoms. The van der Waals surface area contributed by atoms with Gasteiger partial charge in [-0.1, -0.05) is 46.3 Å². The lowest BCUT2D eigenvalue weighted by Crippen LogP contribution is -2.39. The molecule has 0 bridgehead atoms. The van der Waals surface area contributed by atoms with E-state index in [1.165, 1.54) is 0 Å². The first kappa shape index (κ1) is 18.3. The van der Waals surface area contributed by atoms with E-state index in [0.717, 1.165) is 39.4 Å². The Labute approximate surface area is 166 Å². The van der Waals surface area contributed by atoms with Gasteiger partial charge in [-0.3, -0.25) is 4.79 Å². The van der Waals surface area contributed by atoms with E-state index < -0.39 is 6.10 Å². The van der Waals surface area contributed by atoms with Gasteiger partial charge in [-0.05, 0) is 49.4 Å². The Morgan fingerprint density at radius 1 is 1.19 bits per heavy atom. The molecule has 5 heteroatoms. The van der Waals surface area contributed by atoms with Gasteiger partial charge >= 0.3 is 0 Å². The third-order valence-electron chi connectivity index (χ3n) is 5.51. The molecule has 1 atom stereocenters. The predicted molar refractivity (Wildman–Crippen MR) is 109 cm³/mol. The monoisotopic (exact) mass is 427 g/mol. The lowest BCUT2D eigenvalue weighted by Gasteiger charge is -2.34. The Morgan fingerprint density at radius 3 is 2.59 bits per heavy atom. The second-order valence-corrected chi connectivity index (χ2v) is 8.10. The summed E-state index contributed by atoms with van der Waals surface area (Å²) in [6.07, 6.45) is 1.09. The number of benzene rings is 2. The predicted octanol–water partition coefficient (Wildman–Crippen LogP) is 5.09. The van der Waals surface area contributed by atoms with Crippen LogP contribution < -0.4 is 0 Å². The molecule has 27 heavy (non-hydrogen) atoms. The van der Waals surface area contributed by atoms with Crippen molar-refractivity contribution in [3.63, 3.8) is 0 Å². The number of rotatable bonds is 3. The molecule has 1 fully saturated rings. The first-order chi connectivity index (χ1) is 13.0. The average molecular weight is 428 g/mol. The topological polar surface area (TPSA) is 53.7 Å². The van der Waals surface area contributed by atoms with Crippen LogP contribution in [0.4, 0.5) is 0 Å². The number of halogens is 1. The van der Waals surface area contributed by atoms with Crippen LogP contribution in [0, 0.1) is 12.8 Å². The summed E-state index contributed by atoms with van der Waals surface area (Å²) < 4.78 is 6.82. The molecule has 1 aliphatic rings. The number of hydrogen-bond acceptors (Lipinski definition) is 3. The van der Waals surface area contributed by atoms with E-state index in [1.807, 2.05) is 60.4 Å². The Kier molecular flexibility index (Phi) is 5.06. The molecule has 1 aromatic heterocycles. The number of carbonyl (C=O) groups excluding carboxylic acids is 1. The number of aryl methyl sites for hydroxylation is 1. The quantitative estimate of drug-likeness (QED) is 0.633. The maximum absolute atomic E-state index is 13.0. The van der Waals surface area contributed by atoms with Gasteiger partial charge < -0.3 is 14.4 Å². The first-order valence-corrected chi connectivity index (χ1v) is 10.0. The van der Waals surface area contributed by atoms with Crippen LogP contribution in [0.5, 0.6) is 0 Å². The Morgan fingerprint density at radius 2 is 1.89 bits per heavy atom. The summed E-state index contributed by atoms with van der Waals surface area (Å²) in [7, 11) is 0. The highest BCUT2D eigenvalue weighted by Crippen LogP contribution is 2.33. The second-order valence-electron chi connectivity index (χ2n) is 7.18. The van der Waals surface area contributed by atoms with Crippen molar-refractivity contribution in [3.05, 3.63) is 69.9 Å². The molecular weight excluding hydrogens is 406 g/mol. The minimum absolute atomic E-state index is 0.0625. The normalized spacial score (nSPS) is 16.6. The van der Waals surface area contributed by atoms with E-state index in [4.69, 9.17) is 4.42 Å². The number of hydrogen-bond donors (Lipinski definition) is 1. The Balaban J connectivity index is 1.47. The molecule has 2 aromatic carbocycles. The zero-order chi connectivity index (χ0) is 19.0. The molecule has 4 nitrogen and oxygen atoms in total. The van der Waals surface area contributed by atoms with Crippen LogP contribution in [0.1, 0.15) is 40.6 Å². The van der Waals surface area contributed by atoms with Crippen molar-refractivity contribution in [1.29, 1.82) is 0 Å². The third-order valence-corrected chi connectivity index (χ3v) is 6.00. The highest BCUT2D eigenvalue weighted by Gasteiger charge is 2.30. The molecule has 1 unspecified atom stereocenters. The largest absolute Gasteiger partial charge is 0.451 e. The molecule has 1 aliphatic heterocycles. The van der Waals surface area contributed by atoms with E-state index in [9.17, 15) is 9.90 Å². The van der Waals surface area contributed by atoms with E-state index >= 15 is 0 Å². The number of aliphatic hydroxyl groups is 1. The fourth-order valence-corrected chi connectivity index (χ4v) is 4.24. The number of likely N-dealkylation sites (tertiary alicyclic amines) is 1. The van der Waals surface area contributed by atoms with Gasteiger partial charge in [0.15, 0.2) is 5.76 Å². The van der Waals surface area contributed by atoms with Crippen molar-refractivity contribution in [2.24, 2.45) is 5.92 Å². The van der Waals surface area contributed by atoms with Crippen molar-refractivity contribution >= 4 is 32.8 Å². The number of fused-ring (bicyclic) bond motifs is 1. The lowest BCUT2D eigenvalue weighted by atomic mass is 9.87. The molecule has 3 aromatic rings. The summed E-state index contributed by atoms with van der Waals surface area (Å²) in [5, 5.41) is 11.6. The number of amides is 1. The van der Waals surface area contributed by atoms with Gasteiger partial charge in [-0.2, -0.15) is 0 Å².